The Hall–Kier alpha value is -3.05. The van der Waals surface area contributed by atoms with Crippen LogP contribution < -0.4 is 5.32 Å². The summed E-state index contributed by atoms with van der Waals surface area (Å²) >= 11 is 5.86. The Labute approximate surface area is 154 Å². The molecule has 0 amide bonds. The van der Waals surface area contributed by atoms with E-state index in [-0.39, 0.29) is 5.02 Å². The van der Waals surface area contributed by atoms with Crippen molar-refractivity contribution in [1.82, 2.24) is 15.2 Å². The van der Waals surface area contributed by atoms with E-state index in [4.69, 9.17) is 11.6 Å². The highest BCUT2D eigenvalue weighted by molar-refractivity contribution is 6.31. The molecule has 4 rings (SSSR count). The largest absolute Gasteiger partial charge is 0.338 e. The van der Waals surface area contributed by atoms with Crippen LogP contribution in [0.25, 0.3) is 10.8 Å². The summed E-state index contributed by atoms with van der Waals surface area (Å²) in [6.07, 6.45) is 4.21. The Morgan fingerprint density at radius 3 is 2.58 bits per heavy atom. The van der Waals surface area contributed by atoms with Crippen molar-refractivity contribution in [3.05, 3.63) is 89.1 Å². The minimum Gasteiger partial charge on any atom is -0.338 e. The molecule has 2 aromatic heterocycles. The lowest BCUT2D eigenvalue weighted by molar-refractivity contribution is 0.628. The van der Waals surface area contributed by atoms with Crippen LogP contribution in [0.4, 0.5) is 15.9 Å². The summed E-state index contributed by atoms with van der Waals surface area (Å²) in [5.74, 6) is 0.137. The Morgan fingerprint density at radius 2 is 1.81 bits per heavy atom. The normalized spacial score (nSPS) is 10.8. The summed E-state index contributed by atoms with van der Waals surface area (Å²) in [5, 5.41) is 13.9. The first kappa shape index (κ1) is 16.4. The molecule has 0 saturated carbocycles. The van der Waals surface area contributed by atoms with E-state index in [9.17, 15) is 4.39 Å². The number of halogens is 2. The van der Waals surface area contributed by atoms with Crippen molar-refractivity contribution in [2.75, 3.05) is 5.32 Å². The standard InChI is InChI=1S/C20H14ClFN4/c21-17-11-14(7-8-18(17)22)24-20-16-6-2-1-5-15(16)19(25-26-20)10-13-4-3-9-23-12-13/h1-9,11-12H,10H2,(H,24,26). The van der Waals surface area contributed by atoms with E-state index in [0.29, 0.717) is 17.9 Å². The minimum absolute atomic E-state index is 0.0560. The molecular formula is C20H14ClFN4. The molecule has 4 nitrogen and oxygen atoms in total. The molecule has 0 aliphatic rings. The smallest absolute Gasteiger partial charge is 0.160 e. The highest BCUT2D eigenvalue weighted by Gasteiger charge is 2.11. The molecule has 0 atom stereocenters. The van der Waals surface area contributed by atoms with Crippen LogP contribution in [0.1, 0.15) is 11.3 Å². The number of fused-ring (bicyclic) bond motifs is 1. The first-order valence-corrected chi connectivity index (χ1v) is 8.44. The number of hydrogen-bond acceptors (Lipinski definition) is 4. The van der Waals surface area contributed by atoms with Gasteiger partial charge >= 0.3 is 0 Å². The summed E-state index contributed by atoms with van der Waals surface area (Å²) < 4.78 is 13.4. The molecule has 0 bridgehead atoms. The third-order valence-electron chi connectivity index (χ3n) is 4.04. The molecule has 0 saturated heterocycles. The minimum atomic E-state index is -0.458. The number of rotatable bonds is 4. The predicted molar refractivity (Wildman–Crippen MR) is 101 cm³/mol. The van der Waals surface area contributed by atoms with Crippen molar-refractivity contribution in [3.63, 3.8) is 0 Å². The predicted octanol–water partition coefficient (Wildman–Crippen LogP) is 5.15. The number of anilines is 2. The van der Waals surface area contributed by atoms with E-state index < -0.39 is 5.82 Å². The Balaban J connectivity index is 1.73. The van der Waals surface area contributed by atoms with E-state index in [1.165, 1.54) is 12.1 Å². The maximum absolute atomic E-state index is 13.4. The summed E-state index contributed by atoms with van der Waals surface area (Å²) in [6.45, 7) is 0. The molecule has 0 aliphatic carbocycles. The van der Waals surface area contributed by atoms with Crippen molar-refractivity contribution in [3.8, 4) is 0 Å². The molecule has 6 heteroatoms. The van der Waals surface area contributed by atoms with Crippen LogP contribution >= 0.6 is 11.6 Å². The lowest BCUT2D eigenvalue weighted by Gasteiger charge is -2.11. The maximum atomic E-state index is 13.4. The molecule has 26 heavy (non-hydrogen) atoms. The van der Waals surface area contributed by atoms with Crippen molar-refractivity contribution < 1.29 is 4.39 Å². The van der Waals surface area contributed by atoms with Crippen molar-refractivity contribution in [2.45, 2.75) is 6.42 Å². The van der Waals surface area contributed by atoms with Gasteiger partial charge in [-0.3, -0.25) is 4.98 Å². The van der Waals surface area contributed by atoms with E-state index in [0.717, 1.165) is 22.0 Å². The van der Waals surface area contributed by atoms with Crippen LogP contribution in [-0.4, -0.2) is 15.2 Å². The van der Waals surface area contributed by atoms with Crippen molar-refractivity contribution in [2.24, 2.45) is 0 Å². The molecule has 0 fully saturated rings. The van der Waals surface area contributed by atoms with Gasteiger partial charge in [0.05, 0.1) is 10.7 Å². The third-order valence-corrected chi connectivity index (χ3v) is 4.33. The van der Waals surface area contributed by atoms with Crippen LogP contribution in [-0.2, 0) is 6.42 Å². The molecule has 0 spiro atoms. The molecule has 2 aromatic carbocycles. The molecule has 1 N–H and O–H groups in total. The first-order chi connectivity index (χ1) is 12.7. The van der Waals surface area contributed by atoms with Crippen LogP contribution in [0.5, 0.6) is 0 Å². The zero-order chi connectivity index (χ0) is 17.9. The second kappa shape index (κ2) is 7.06. The maximum Gasteiger partial charge on any atom is 0.160 e. The molecule has 0 unspecified atom stereocenters. The molecule has 2 heterocycles. The number of hydrogen-bond donors (Lipinski definition) is 1. The van der Waals surface area contributed by atoms with E-state index in [1.54, 1.807) is 12.3 Å². The van der Waals surface area contributed by atoms with Gasteiger partial charge in [-0.25, -0.2) is 4.39 Å². The molecule has 0 radical (unpaired) electrons. The fourth-order valence-corrected chi connectivity index (χ4v) is 2.97. The van der Waals surface area contributed by atoms with E-state index in [2.05, 4.69) is 20.5 Å². The van der Waals surface area contributed by atoms with Crippen LogP contribution in [0.15, 0.2) is 67.0 Å². The quantitative estimate of drug-likeness (QED) is 0.544. The summed E-state index contributed by atoms with van der Waals surface area (Å²) in [7, 11) is 0. The van der Waals surface area contributed by atoms with Gasteiger partial charge in [0.2, 0.25) is 0 Å². The monoisotopic (exact) mass is 364 g/mol. The van der Waals surface area contributed by atoms with Gasteiger partial charge in [-0.15, -0.1) is 5.10 Å². The number of nitrogens with zero attached hydrogens (tertiary/aromatic N) is 3. The topological polar surface area (TPSA) is 50.7 Å². The van der Waals surface area contributed by atoms with Gasteiger partial charge in [0.25, 0.3) is 0 Å². The highest BCUT2D eigenvalue weighted by Crippen LogP contribution is 2.28. The Bertz CT molecular complexity index is 1070. The van der Waals surface area contributed by atoms with Gasteiger partial charge in [0, 0.05) is 35.3 Å². The van der Waals surface area contributed by atoms with Gasteiger partial charge < -0.3 is 5.32 Å². The Kier molecular flexibility index (Phi) is 4.46. The van der Waals surface area contributed by atoms with E-state index >= 15 is 0 Å². The van der Waals surface area contributed by atoms with Gasteiger partial charge in [0.1, 0.15) is 5.82 Å². The lowest BCUT2D eigenvalue weighted by Crippen LogP contribution is -2.02. The van der Waals surface area contributed by atoms with Gasteiger partial charge in [-0.1, -0.05) is 41.9 Å². The fourth-order valence-electron chi connectivity index (χ4n) is 2.79. The zero-order valence-corrected chi connectivity index (χ0v) is 14.4. The van der Waals surface area contributed by atoms with Gasteiger partial charge in [0.15, 0.2) is 5.82 Å². The fraction of sp³-hybridized carbons (Fsp3) is 0.0500. The first-order valence-electron chi connectivity index (χ1n) is 8.06. The Morgan fingerprint density at radius 1 is 0.962 bits per heavy atom. The average molecular weight is 365 g/mol. The number of aromatic nitrogens is 3. The summed E-state index contributed by atoms with van der Waals surface area (Å²) in [5.41, 5.74) is 2.59. The lowest BCUT2D eigenvalue weighted by atomic mass is 10.1. The number of nitrogens with one attached hydrogen (secondary N) is 1. The number of benzene rings is 2. The van der Waals surface area contributed by atoms with Gasteiger partial charge in [-0.05, 0) is 29.8 Å². The molecular weight excluding hydrogens is 351 g/mol. The average Bonchev–Trinajstić information content (AvgIpc) is 2.67. The van der Waals surface area contributed by atoms with E-state index in [1.807, 2.05) is 42.6 Å². The van der Waals surface area contributed by atoms with Gasteiger partial charge in [-0.2, -0.15) is 5.10 Å². The van der Waals surface area contributed by atoms with Crippen LogP contribution in [0.2, 0.25) is 5.02 Å². The van der Waals surface area contributed by atoms with Crippen molar-refractivity contribution >= 4 is 33.9 Å². The highest BCUT2D eigenvalue weighted by atomic mass is 35.5. The second-order valence-corrected chi connectivity index (χ2v) is 6.24. The summed E-state index contributed by atoms with van der Waals surface area (Å²) in [4.78, 5) is 4.15. The zero-order valence-electron chi connectivity index (χ0n) is 13.7. The van der Waals surface area contributed by atoms with Crippen LogP contribution in [0.3, 0.4) is 0 Å². The SMILES string of the molecule is Fc1ccc(Nc2nnc(Cc3cccnc3)c3ccccc23)cc1Cl. The summed E-state index contributed by atoms with van der Waals surface area (Å²) in [6, 6.07) is 16.3. The number of pyridine rings is 1. The molecule has 128 valence electrons. The van der Waals surface area contributed by atoms with Crippen molar-refractivity contribution in [1.29, 1.82) is 0 Å². The third kappa shape index (κ3) is 3.34. The molecule has 0 aliphatic heterocycles. The van der Waals surface area contributed by atoms with Crippen LogP contribution in [0, 0.1) is 5.82 Å². The molecule has 4 aromatic rings. The second-order valence-electron chi connectivity index (χ2n) is 5.83.